The van der Waals surface area contributed by atoms with Gasteiger partial charge in [-0.1, -0.05) is 34.1 Å². The van der Waals surface area contributed by atoms with Crippen molar-refractivity contribution >= 4 is 17.8 Å². The topological polar surface area (TPSA) is 142 Å². The summed E-state index contributed by atoms with van der Waals surface area (Å²) >= 11 is 0. The Morgan fingerprint density at radius 1 is 1.09 bits per heavy atom. The molecule has 134 valence electrons. The van der Waals surface area contributed by atoms with Gasteiger partial charge in [0.05, 0.1) is 12.6 Å². The lowest BCUT2D eigenvalue weighted by molar-refractivity contribution is -0.143. The maximum Gasteiger partial charge on any atom is 0.328 e. The van der Waals surface area contributed by atoms with Crippen molar-refractivity contribution in [1.82, 2.24) is 10.6 Å². The molecule has 0 aliphatic carbocycles. The van der Waals surface area contributed by atoms with Gasteiger partial charge in [-0.25, -0.2) is 4.79 Å². The summed E-state index contributed by atoms with van der Waals surface area (Å²) in [6.07, 6.45) is 1.09. The summed E-state index contributed by atoms with van der Waals surface area (Å²) in [4.78, 5) is 35.3. The summed E-state index contributed by atoms with van der Waals surface area (Å²) in [5.74, 6) is -2.41. The Bertz CT molecular complexity index is 414. The van der Waals surface area contributed by atoms with Gasteiger partial charge in [0.15, 0.2) is 0 Å². The van der Waals surface area contributed by atoms with Crippen molar-refractivity contribution in [3.05, 3.63) is 0 Å². The molecule has 6 N–H and O–H groups in total. The van der Waals surface area contributed by atoms with Crippen LogP contribution in [0.5, 0.6) is 0 Å². The Morgan fingerprint density at radius 3 is 2.04 bits per heavy atom. The first-order valence-corrected chi connectivity index (χ1v) is 7.83. The van der Waals surface area contributed by atoms with Crippen molar-refractivity contribution in [2.45, 2.75) is 58.7 Å². The van der Waals surface area contributed by atoms with Crippen molar-refractivity contribution in [3.8, 4) is 0 Å². The van der Waals surface area contributed by atoms with Gasteiger partial charge < -0.3 is 26.6 Å². The molecule has 0 unspecified atom stereocenters. The Morgan fingerprint density at radius 2 is 1.65 bits per heavy atom. The van der Waals surface area contributed by atoms with E-state index in [2.05, 4.69) is 10.6 Å². The molecule has 0 saturated carbocycles. The number of aliphatic carboxylic acids is 1. The monoisotopic (exact) mass is 331 g/mol. The maximum absolute atomic E-state index is 12.3. The van der Waals surface area contributed by atoms with E-state index in [0.29, 0.717) is 12.8 Å². The van der Waals surface area contributed by atoms with E-state index >= 15 is 0 Å². The summed E-state index contributed by atoms with van der Waals surface area (Å²) in [5, 5.41) is 22.7. The molecule has 0 aromatic rings. The van der Waals surface area contributed by atoms with Crippen molar-refractivity contribution in [2.24, 2.45) is 17.6 Å². The summed E-state index contributed by atoms with van der Waals surface area (Å²) in [7, 11) is 0. The van der Waals surface area contributed by atoms with Crippen molar-refractivity contribution in [3.63, 3.8) is 0 Å². The summed E-state index contributed by atoms with van der Waals surface area (Å²) in [6, 6.07) is -3.04. The second-order valence-electron chi connectivity index (χ2n) is 6.19. The van der Waals surface area contributed by atoms with Crippen molar-refractivity contribution in [2.75, 3.05) is 6.61 Å². The van der Waals surface area contributed by atoms with E-state index in [1.165, 1.54) is 0 Å². The molecular formula is C15H29N3O5. The standard InChI is InChI=1S/C15H29N3O5/c1-5-9(4)12(14(21)17-11(7-19)15(22)23)18-13(20)10(16)6-8(2)3/h8-12,19H,5-7,16H2,1-4H3,(H,17,21)(H,18,20)(H,22,23)/t9-,10-,11-,12-/m0/s1. The van der Waals surface area contributed by atoms with E-state index < -0.39 is 42.5 Å². The highest BCUT2D eigenvalue weighted by Crippen LogP contribution is 2.10. The largest absolute Gasteiger partial charge is 0.480 e. The minimum absolute atomic E-state index is 0.210. The number of hydrogen-bond acceptors (Lipinski definition) is 5. The lowest BCUT2D eigenvalue weighted by Crippen LogP contribution is -2.57. The van der Waals surface area contributed by atoms with Crippen molar-refractivity contribution in [1.29, 1.82) is 0 Å². The molecule has 0 heterocycles. The third-order valence-corrected chi connectivity index (χ3v) is 3.65. The molecule has 0 aromatic heterocycles. The molecule has 23 heavy (non-hydrogen) atoms. The van der Waals surface area contributed by atoms with Gasteiger partial charge >= 0.3 is 5.97 Å². The van der Waals surface area contributed by atoms with Crippen LogP contribution >= 0.6 is 0 Å². The number of carbonyl (C=O) groups is 3. The van der Waals surface area contributed by atoms with Crippen LogP contribution < -0.4 is 16.4 Å². The summed E-state index contributed by atoms with van der Waals surface area (Å²) in [5.41, 5.74) is 5.81. The highest BCUT2D eigenvalue weighted by atomic mass is 16.4. The van der Waals surface area contributed by atoms with Crippen LogP contribution in [0.1, 0.15) is 40.5 Å². The van der Waals surface area contributed by atoms with Gasteiger partial charge in [-0.15, -0.1) is 0 Å². The second-order valence-corrected chi connectivity index (χ2v) is 6.19. The number of nitrogens with one attached hydrogen (secondary N) is 2. The SMILES string of the molecule is CC[C@H](C)[C@H](NC(=O)[C@@H](N)CC(C)C)C(=O)N[C@@H](CO)C(=O)O. The summed E-state index contributed by atoms with van der Waals surface area (Å²) in [6.45, 7) is 6.77. The van der Waals surface area contributed by atoms with Crippen LogP contribution in [0.15, 0.2) is 0 Å². The number of carboxylic acids is 1. The second kappa shape index (κ2) is 10.2. The zero-order valence-corrected chi connectivity index (χ0v) is 14.2. The van der Waals surface area contributed by atoms with E-state index in [1.54, 1.807) is 6.92 Å². The van der Waals surface area contributed by atoms with Crippen LogP contribution in [0.25, 0.3) is 0 Å². The predicted molar refractivity (Wildman–Crippen MR) is 85.5 cm³/mol. The van der Waals surface area contributed by atoms with Crippen LogP contribution in [0.2, 0.25) is 0 Å². The minimum Gasteiger partial charge on any atom is -0.480 e. The minimum atomic E-state index is -1.41. The van der Waals surface area contributed by atoms with Crippen LogP contribution in [-0.2, 0) is 14.4 Å². The first-order chi connectivity index (χ1) is 10.6. The molecule has 4 atom stereocenters. The van der Waals surface area contributed by atoms with Gasteiger partial charge in [0.25, 0.3) is 0 Å². The van der Waals surface area contributed by atoms with Crippen LogP contribution in [-0.4, -0.2) is 52.7 Å². The highest BCUT2D eigenvalue weighted by molar-refractivity contribution is 5.91. The number of nitrogens with two attached hydrogens (primary N) is 1. The molecule has 0 aliphatic rings. The third-order valence-electron chi connectivity index (χ3n) is 3.65. The average molecular weight is 331 g/mol. The molecule has 8 heteroatoms. The Hall–Kier alpha value is -1.67. The van der Waals surface area contributed by atoms with Gasteiger partial charge in [-0.3, -0.25) is 9.59 Å². The average Bonchev–Trinajstić information content (AvgIpc) is 2.47. The van der Waals surface area contributed by atoms with Gasteiger partial charge in [0.2, 0.25) is 11.8 Å². The molecule has 0 saturated heterocycles. The number of carboxylic acid groups (broad SMARTS) is 1. The zero-order valence-electron chi connectivity index (χ0n) is 14.2. The Labute approximate surface area is 136 Å². The van der Waals surface area contributed by atoms with Crippen molar-refractivity contribution < 1.29 is 24.6 Å². The van der Waals surface area contributed by atoms with E-state index in [1.807, 2.05) is 20.8 Å². The van der Waals surface area contributed by atoms with Gasteiger partial charge in [0.1, 0.15) is 12.1 Å². The lowest BCUT2D eigenvalue weighted by atomic mass is 9.96. The fourth-order valence-corrected chi connectivity index (χ4v) is 2.02. The Balaban J connectivity index is 4.97. The molecule has 0 fully saturated rings. The fourth-order valence-electron chi connectivity index (χ4n) is 2.02. The first kappa shape index (κ1) is 21.3. The van der Waals surface area contributed by atoms with E-state index in [-0.39, 0.29) is 11.8 Å². The molecule has 0 bridgehead atoms. The normalized spacial score (nSPS) is 16.3. The Kier molecular flexibility index (Phi) is 9.43. The number of aliphatic hydroxyl groups is 1. The number of aliphatic hydroxyl groups excluding tert-OH is 1. The number of hydrogen-bond donors (Lipinski definition) is 5. The smallest absolute Gasteiger partial charge is 0.328 e. The quantitative estimate of drug-likeness (QED) is 0.364. The third kappa shape index (κ3) is 7.43. The first-order valence-electron chi connectivity index (χ1n) is 7.83. The summed E-state index contributed by atoms with van der Waals surface area (Å²) < 4.78 is 0. The van der Waals surface area contributed by atoms with Crippen LogP contribution in [0.4, 0.5) is 0 Å². The lowest BCUT2D eigenvalue weighted by Gasteiger charge is -2.26. The molecule has 2 amide bonds. The highest BCUT2D eigenvalue weighted by Gasteiger charge is 2.30. The number of rotatable bonds is 10. The van der Waals surface area contributed by atoms with Crippen LogP contribution in [0.3, 0.4) is 0 Å². The van der Waals surface area contributed by atoms with Gasteiger partial charge in [-0.2, -0.15) is 0 Å². The fraction of sp³-hybridized carbons (Fsp3) is 0.800. The molecule has 0 spiro atoms. The van der Waals surface area contributed by atoms with E-state index in [0.717, 1.165) is 0 Å². The maximum atomic E-state index is 12.3. The molecule has 0 aliphatic heterocycles. The molecule has 8 nitrogen and oxygen atoms in total. The number of amides is 2. The van der Waals surface area contributed by atoms with E-state index in [4.69, 9.17) is 15.9 Å². The predicted octanol–water partition coefficient (Wildman–Crippen LogP) is -0.548. The van der Waals surface area contributed by atoms with Crippen LogP contribution in [0, 0.1) is 11.8 Å². The van der Waals surface area contributed by atoms with Gasteiger partial charge in [-0.05, 0) is 18.3 Å². The molecule has 0 aromatic carbocycles. The molecule has 0 radical (unpaired) electrons. The zero-order chi connectivity index (χ0) is 18.2. The number of carbonyl (C=O) groups excluding carboxylic acids is 2. The van der Waals surface area contributed by atoms with E-state index in [9.17, 15) is 14.4 Å². The molecule has 0 rings (SSSR count). The molecular weight excluding hydrogens is 302 g/mol. The van der Waals surface area contributed by atoms with Gasteiger partial charge in [0, 0.05) is 0 Å².